The van der Waals surface area contributed by atoms with Gasteiger partial charge in [0.05, 0.1) is 21.2 Å². The summed E-state index contributed by atoms with van der Waals surface area (Å²) < 4.78 is 123. The average Bonchev–Trinajstić information content (AvgIpc) is 2.92. The molecule has 4 aromatic rings. The van der Waals surface area contributed by atoms with E-state index in [0.717, 1.165) is 36.4 Å². The minimum atomic E-state index is -4.94. The van der Waals surface area contributed by atoms with Gasteiger partial charge in [-0.2, -0.15) is 16.8 Å². The van der Waals surface area contributed by atoms with Crippen molar-refractivity contribution in [2.45, 2.75) is 19.6 Å². The molecule has 0 heterocycles. The molecule has 0 aliphatic heterocycles. The maximum absolute atomic E-state index is 12.7. The standard InChI is InChI=1S/C26H24N4O10S4/c27-19-5-11-23(12-6-19)41(31,32)29-21-9-3-17(25(15-21)43(35,36)37)1-2-18-4-10-22(16-26(18)44(38,39)40)30-42(33,34)24-13-7-20(28)8-14-24/h1-16,29-30H,27-28H2,(H,35,36,37)(H,38,39,40). The molecule has 0 amide bonds. The fraction of sp³-hybridized carbons (Fsp3) is 0. The molecule has 0 spiro atoms. The molecule has 0 saturated heterocycles. The second kappa shape index (κ2) is 11.9. The number of nitrogen functional groups attached to an aromatic ring is 2. The highest BCUT2D eigenvalue weighted by atomic mass is 32.2. The highest BCUT2D eigenvalue weighted by Gasteiger charge is 2.21. The predicted octanol–water partition coefficient (Wildman–Crippen LogP) is 3.12. The largest absolute Gasteiger partial charge is 0.399 e. The maximum Gasteiger partial charge on any atom is 0.295 e. The zero-order valence-corrected chi connectivity index (χ0v) is 25.5. The number of nitrogens with one attached hydrogen (secondary N) is 2. The smallest absolute Gasteiger partial charge is 0.295 e. The van der Waals surface area contributed by atoms with Crippen molar-refractivity contribution >= 4 is 75.2 Å². The number of hydrogen-bond donors (Lipinski definition) is 6. The van der Waals surface area contributed by atoms with E-state index < -0.39 is 50.1 Å². The van der Waals surface area contributed by atoms with Crippen molar-refractivity contribution in [3.05, 3.63) is 96.1 Å². The SMILES string of the molecule is Nc1ccc(S(=O)(=O)Nc2ccc(C=Cc3ccc(NS(=O)(=O)c4ccc(N)cc4)cc3S(=O)(=O)O)c(S(=O)(=O)O)c2)cc1. The van der Waals surface area contributed by atoms with E-state index >= 15 is 0 Å². The minimum absolute atomic E-state index is 0.166. The molecular formula is C26H24N4O10S4. The van der Waals surface area contributed by atoms with Crippen LogP contribution in [0.1, 0.15) is 11.1 Å². The van der Waals surface area contributed by atoms with Crippen molar-refractivity contribution in [3.63, 3.8) is 0 Å². The summed E-state index contributed by atoms with van der Waals surface area (Å²) in [5.74, 6) is 0. The van der Waals surface area contributed by atoms with E-state index in [-0.39, 0.29) is 32.3 Å². The van der Waals surface area contributed by atoms with Gasteiger partial charge in [0.15, 0.2) is 0 Å². The maximum atomic E-state index is 12.7. The monoisotopic (exact) mass is 680 g/mol. The van der Waals surface area contributed by atoms with E-state index in [1.165, 1.54) is 60.7 Å². The Kier molecular flexibility index (Phi) is 8.78. The van der Waals surface area contributed by atoms with Crippen molar-refractivity contribution < 1.29 is 42.8 Å². The van der Waals surface area contributed by atoms with Crippen LogP contribution in [-0.2, 0) is 40.3 Å². The van der Waals surface area contributed by atoms with E-state index in [1.807, 2.05) is 0 Å². The molecule has 0 aromatic heterocycles. The van der Waals surface area contributed by atoms with Crippen molar-refractivity contribution in [1.82, 2.24) is 0 Å². The summed E-state index contributed by atoms with van der Waals surface area (Å²) in [7, 11) is -18.2. The zero-order chi connectivity index (χ0) is 32.5. The number of rotatable bonds is 10. The molecular weight excluding hydrogens is 657 g/mol. The third-order valence-corrected chi connectivity index (χ3v) is 10.5. The third kappa shape index (κ3) is 7.73. The van der Waals surface area contributed by atoms with E-state index in [9.17, 15) is 42.8 Å². The van der Waals surface area contributed by atoms with Gasteiger partial charge in [-0.25, -0.2) is 16.8 Å². The molecule has 44 heavy (non-hydrogen) atoms. The summed E-state index contributed by atoms with van der Waals surface area (Å²) in [6.45, 7) is 0. The lowest BCUT2D eigenvalue weighted by molar-refractivity contribution is 0.480. The van der Waals surface area contributed by atoms with Crippen molar-refractivity contribution in [1.29, 1.82) is 0 Å². The summed E-state index contributed by atoms with van der Waals surface area (Å²) >= 11 is 0. The lowest BCUT2D eigenvalue weighted by Gasteiger charge is -2.12. The van der Waals surface area contributed by atoms with E-state index in [4.69, 9.17) is 11.5 Å². The third-order valence-electron chi connectivity index (χ3n) is 5.91. The first-order valence-corrected chi connectivity index (χ1v) is 17.9. The number of hydrogen-bond acceptors (Lipinski definition) is 10. The first kappa shape index (κ1) is 32.5. The van der Waals surface area contributed by atoms with Gasteiger partial charge in [0.2, 0.25) is 0 Å². The molecule has 232 valence electrons. The summed E-state index contributed by atoms with van der Waals surface area (Å²) in [5.41, 5.74) is 11.0. The van der Waals surface area contributed by atoms with Crippen LogP contribution in [0.25, 0.3) is 12.2 Å². The number of sulfonamides is 2. The average molecular weight is 681 g/mol. The molecule has 4 rings (SSSR count). The molecule has 0 aliphatic carbocycles. The van der Waals surface area contributed by atoms with Gasteiger partial charge in [-0.15, -0.1) is 0 Å². The summed E-state index contributed by atoms with van der Waals surface area (Å²) in [6.07, 6.45) is 2.17. The highest BCUT2D eigenvalue weighted by Crippen LogP contribution is 2.28. The van der Waals surface area contributed by atoms with Crippen LogP contribution in [0.3, 0.4) is 0 Å². The molecule has 0 saturated carbocycles. The first-order chi connectivity index (χ1) is 20.3. The molecule has 0 radical (unpaired) electrons. The van der Waals surface area contributed by atoms with Crippen molar-refractivity contribution in [2.75, 3.05) is 20.9 Å². The fourth-order valence-corrected chi connectivity index (χ4v) is 7.34. The molecule has 0 unspecified atom stereocenters. The van der Waals surface area contributed by atoms with Crippen LogP contribution in [0, 0.1) is 0 Å². The van der Waals surface area contributed by atoms with Gasteiger partial charge < -0.3 is 11.5 Å². The van der Waals surface area contributed by atoms with Gasteiger partial charge in [-0.3, -0.25) is 18.5 Å². The van der Waals surface area contributed by atoms with Crippen LogP contribution in [-0.4, -0.2) is 42.8 Å². The Hall–Kier alpha value is -4.46. The van der Waals surface area contributed by atoms with Crippen LogP contribution < -0.4 is 20.9 Å². The summed E-state index contributed by atoms with van der Waals surface area (Å²) in [4.78, 5) is -1.79. The fourth-order valence-electron chi connectivity index (χ4n) is 3.82. The summed E-state index contributed by atoms with van der Waals surface area (Å²) in [5, 5.41) is 0. The lowest BCUT2D eigenvalue weighted by atomic mass is 10.1. The van der Waals surface area contributed by atoms with Crippen LogP contribution in [0.15, 0.2) is 105 Å². The van der Waals surface area contributed by atoms with Crippen LogP contribution >= 0.6 is 0 Å². The Morgan fingerprint density at radius 3 is 1.11 bits per heavy atom. The minimum Gasteiger partial charge on any atom is -0.399 e. The van der Waals surface area contributed by atoms with Crippen molar-refractivity contribution in [3.8, 4) is 0 Å². The van der Waals surface area contributed by atoms with Gasteiger partial charge in [0.25, 0.3) is 40.3 Å². The topological polar surface area (TPSA) is 253 Å². The van der Waals surface area contributed by atoms with Gasteiger partial charge in [-0.05, 0) is 83.9 Å². The van der Waals surface area contributed by atoms with Crippen molar-refractivity contribution in [2.24, 2.45) is 0 Å². The van der Waals surface area contributed by atoms with Gasteiger partial charge in [-0.1, -0.05) is 24.3 Å². The first-order valence-electron chi connectivity index (χ1n) is 12.0. The Balaban J connectivity index is 1.68. The molecule has 4 aromatic carbocycles. The predicted molar refractivity (Wildman–Crippen MR) is 165 cm³/mol. The normalized spacial score (nSPS) is 12.7. The Morgan fingerprint density at radius 2 is 0.818 bits per heavy atom. The van der Waals surface area contributed by atoms with Gasteiger partial charge in [0.1, 0.15) is 9.79 Å². The Bertz CT molecular complexity index is 2040. The summed E-state index contributed by atoms with van der Waals surface area (Å²) in [6, 6.07) is 16.7. The van der Waals surface area contributed by atoms with Gasteiger partial charge in [0, 0.05) is 11.4 Å². The quantitative estimate of drug-likeness (QED) is 0.0803. The molecule has 0 fully saturated rings. The molecule has 18 heteroatoms. The van der Waals surface area contributed by atoms with Crippen LogP contribution in [0.4, 0.5) is 22.7 Å². The molecule has 0 aliphatic rings. The molecule has 0 atom stereocenters. The van der Waals surface area contributed by atoms with Crippen LogP contribution in [0.2, 0.25) is 0 Å². The molecule has 8 N–H and O–H groups in total. The zero-order valence-electron chi connectivity index (χ0n) is 22.2. The number of anilines is 4. The van der Waals surface area contributed by atoms with E-state index in [2.05, 4.69) is 9.44 Å². The Labute approximate surface area is 253 Å². The van der Waals surface area contributed by atoms with E-state index in [0.29, 0.717) is 11.4 Å². The molecule has 14 nitrogen and oxygen atoms in total. The second-order valence-electron chi connectivity index (χ2n) is 9.14. The lowest BCUT2D eigenvalue weighted by Crippen LogP contribution is -2.14. The number of benzene rings is 4. The molecule has 0 bridgehead atoms. The number of nitrogens with two attached hydrogens (primary N) is 2. The Morgan fingerprint density at radius 1 is 0.500 bits per heavy atom. The van der Waals surface area contributed by atoms with Crippen LogP contribution in [0.5, 0.6) is 0 Å². The highest BCUT2D eigenvalue weighted by molar-refractivity contribution is 7.93. The second-order valence-corrected chi connectivity index (χ2v) is 15.3. The van der Waals surface area contributed by atoms with E-state index in [1.54, 1.807) is 0 Å². The van der Waals surface area contributed by atoms with Gasteiger partial charge >= 0.3 is 0 Å².